The second kappa shape index (κ2) is 12.3. The minimum Gasteiger partial charge on any atom is -0.494 e. The number of amides is 1. The van der Waals surface area contributed by atoms with Crippen molar-refractivity contribution in [2.45, 2.75) is 53.5 Å². The molecule has 1 amide bonds. The first-order valence-electron chi connectivity index (χ1n) is 16.3. The molecule has 4 heterocycles. The number of rotatable bonds is 8. The quantitative estimate of drug-likeness (QED) is 0.155. The van der Waals surface area contributed by atoms with Crippen LogP contribution in [-0.2, 0) is 13.5 Å². The van der Waals surface area contributed by atoms with E-state index in [1.54, 1.807) is 18.2 Å². The lowest BCUT2D eigenvalue weighted by Crippen LogP contribution is -2.42. The van der Waals surface area contributed by atoms with Crippen LogP contribution in [0.1, 0.15) is 68.3 Å². The fraction of sp³-hybridized carbons (Fsp3) is 0.289. The number of hydrogen-bond acceptors (Lipinski definition) is 4. The number of aromatic carboxylic acids is 1. The molecular formula is C38H37Cl2N5O4. The Morgan fingerprint density at radius 3 is 2.43 bits per heavy atom. The monoisotopic (exact) mass is 697 g/mol. The highest BCUT2D eigenvalue weighted by Crippen LogP contribution is 2.45. The van der Waals surface area contributed by atoms with Gasteiger partial charge in [0, 0.05) is 58.4 Å². The second-order valence-corrected chi connectivity index (χ2v) is 13.9. The Bertz CT molecular complexity index is 2290. The number of carbonyl (C=O) groups excluding carboxylic acids is 1. The molecule has 3 aromatic carbocycles. The smallest absolute Gasteiger partial charge is 0.335 e. The van der Waals surface area contributed by atoms with E-state index in [1.807, 2.05) is 74.7 Å². The summed E-state index contributed by atoms with van der Waals surface area (Å²) in [6, 6.07) is 12.7. The molecule has 0 saturated carbocycles. The molecule has 1 aliphatic rings. The molecule has 0 radical (unpaired) electrons. The number of fused-ring (bicyclic) bond motifs is 4. The van der Waals surface area contributed by atoms with Gasteiger partial charge in [-0.05, 0) is 101 Å². The summed E-state index contributed by atoms with van der Waals surface area (Å²) >= 11 is 13.4. The van der Waals surface area contributed by atoms with Crippen molar-refractivity contribution in [2.24, 2.45) is 7.05 Å². The summed E-state index contributed by atoms with van der Waals surface area (Å²) in [5.74, 6) is -0.350. The third kappa shape index (κ3) is 5.36. The molecule has 0 spiro atoms. The number of aryl methyl sites for hydroxylation is 6. The molecule has 3 aromatic heterocycles. The molecule has 9 nitrogen and oxygen atoms in total. The van der Waals surface area contributed by atoms with Gasteiger partial charge in [0.2, 0.25) is 0 Å². The zero-order valence-corrected chi connectivity index (χ0v) is 29.8. The fourth-order valence-corrected chi connectivity index (χ4v) is 7.79. The maximum Gasteiger partial charge on any atom is 0.335 e. The first-order valence-corrected chi connectivity index (χ1v) is 17.0. The van der Waals surface area contributed by atoms with Crippen molar-refractivity contribution in [3.63, 3.8) is 0 Å². The van der Waals surface area contributed by atoms with Crippen molar-refractivity contribution in [1.29, 1.82) is 0 Å². The number of carboxylic acids is 1. The molecule has 11 heteroatoms. The van der Waals surface area contributed by atoms with Crippen LogP contribution < -0.4 is 9.64 Å². The van der Waals surface area contributed by atoms with Crippen molar-refractivity contribution >= 4 is 62.6 Å². The standard InChI is InChI=1S/C38H37Cl2N5O4/c1-19-14-25(15-20(2)34(19)40)49-13-7-8-26-27-11-12-29(39)33(32-22(4)41-42-23(32)5)35(27)45-21(3)17-44(37(46)36(26)45)31-18-43(6)30-16-24(38(47)48)9-10-28(30)31/h9-12,14-16,18,21H,7-8,13,17H2,1-6H3,(H,41,42)(H,47,48). The van der Waals surface area contributed by atoms with E-state index in [4.69, 9.17) is 27.9 Å². The van der Waals surface area contributed by atoms with E-state index < -0.39 is 5.97 Å². The predicted molar refractivity (Wildman–Crippen MR) is 195 cm³/mol. The summed E-state index contributed by atoms with van der Waals surface area (Å²) < 4.78 is 10.2. The highest BCUT2D eigenvalue weighted by molar-refractivity contribution is 6.35. The largest absolute Gasteiger partial charge is 0.494 e. The van der Waals surface area contributed by atoms with E-state index >= 15 is 0 Å². The van der Waals surface area contributed by atoms with Gasteiger partial charge in [0.1, 0.15) is 11.4 Å². The molecular weight excluding hydrogens is 661 g/mol. The van der Waals surface area contributed by atoms with Crippen LogP contribution >= 0.6 is 23.2 Å². The van der Waals surface area contributed by atoms with E-state index in [9.17, 15) is 14.7 Å². The van der Waals surface area contributed by atoms with Gasteiger partial charge in [-0.15, -0.1) is 0 Å². The van der Waals surface area contributed by atoms with Crippen LogP contribution in [0, 0.1) is 27.7 Å². The molecule has 0 fully saturated rings. The molecule has 0 aliphatic carbocycles. The minimum absolute atomic E-state index is 0.113. The van der Waals surface area contributed by atoms with Crippen LogP contribution in [0.5, 0.6) is 5.75 Å². The number of anilines is 1. The van der Waals surface area contributed by atoms with Crippen LogP contribution in [0.2, 0.25) is 10.0 Å². The number of carboxylic acid groups (broad SMARTS) is 1. The summed E-state index contributed by atoms with van der Waals surface area (Å²) in [4.78, 5) is 28.4. The summed E-state index contributed by atoms with van der Waals surface area (Å²) in [6.07, 6.45) is 3.17. The molecule has 6 aromatic rings. The predicted octanol–water partition coefficient (Wildman–Crippen LogP) is 8.99. The number of aromatic amines is 1. The number of H-pyrrole nitrogens is 1. The van der Waals surface area contributed by atoms with Crippen LogP contribution in [0.4, 0.5) is 5.69 Å². The molecule has 1 unspecified atom stereocenters. The number of halogens is 2. The highest BCUT2D eigenvalue weighted by Gasteiger charge is 2.37. The molecule has 0 bridgehead atoms. The van der Waals surface area contributed by atoms with Crippen LogP contribution in [-0.4, -0.2) is 49.5 Å². The molecule has 2 N–H and O–H groups in total. The SMILES string of the molecule is Cc1cc(OCCCc2c3n(c4c(-c5c(C)n[nH]c5C)c(Cl)ccc24)C(C)CN(c2cn(C)c4cc(C(=O)O)ccc24)C3=O)cc(C)c1Cl. The molecule has 1 atom stereocenters. The maximum absolute atomic E-state index is 14.9. The number of benzene rings is 3. The average Bonchev–Trinajstić information content (AvgIpc) is 3.70. The number of hydrogen-bond donors (Lipinski definition) is 2. The van der Waals surface area contributed by atoms with E-state index in [-0.39, 0.29) is 17.5 Å². The lowest BCUT2D eigenvalue weighted by atomic mass is 9.98. The first-order chi connectivity index (χ1) is 23.4. The summed E-state index contributed by atoms with van der Waals surface area (Å²) in [5.41, 5.74) is 9.61. The Balaban J connectivity index is 1.35. The van der Waals surface area contributed by atoms with Gasteiger partial charge in [-0.2, -0.15) is 5.10 Å². The summed E-state index contributed by atoms with van der Waals surface area (Å²) in [5, 5.41) is 20.3. The van der Waals surface area contributed by atoms with Crippen LogP contribution in [0.25, 0.3) is 32.9 Å². The number of carbonyl (C=O) groups is 2. The highest BCUT2D eigenvalue weighted by atomic mass is 35.5. The summed E-state index contributed by atoms with van der Waals surface area (Å²) in [6.45, 7) is 10.9. The third-order valence-electron chi connectivity index (χ3n) is 9.69. The number of ether oxygens (including phenoxy) is 1. The van der Waals surface area contributed by atoms with E-state index in [2.05, 4.69) is 21.7 Å². The lowest BCUT2D eigenvalue weighted by Gasteiger charge is -2.34. The molecule has 252 valence electrons. The van der Waals surface area contributed by atoms with Gasteiger partial charge in [-0.3, -0.25) is 9.89 Å². The van der Waals surface area contributed by atoms with Gasteiger partial charge in [0.25, 0.3) is 5.91 Å². The number of nitrogens with one attached hydrogen (secondary N) is 1. The van der Waals surface area contributed by atoms with Crippen LogP contribution in [0.3, 0.4) is 0 Å². The van der Waals surface area contributed by atoms with Gasteiger partial charge >= 0.3 is 5.97 Å². The fourth-order valence-electron chi connectivity index (χ4n) is 7.43. The van der Waals surface area contributed by atoms with Gasteiger partial charge in [0.05, 0.1) is 39.6 Å². The minimum atomic E-state index is -0.996. The van der Waals surface area contributed by atoms with Gasteiger partial charge < -0.3 is 23.9 Å². The van der Waals surface area contributed by atoms with Crippen molar-refractivity contribution in [3.05, 3.63) is 98.0 Å². The first kappa shape index (κ1) is 32.8. The van der Waals surface area contributed by atoms with E-state index in [0.29, 0.717) is 36.7 Å². The Hall–Kier alpha value is -4.73. The zero-order chi connectivity index (χ0) is 34.9. The van der Waals surface area contributed by atoms with Crippen molar-refractivity contribution in [1.82, 2.24) is 19.3 Å². The van der Waals surface area contributed by atoms with E-state index in [1.165, 1.54) is 0 Å². The van der Waals surface area contributed by atoms with Crippen molar-refractivity contribution < 1.29 is 19.4 Å². The Morgan fingerprint density at radius 1 is 1.04 bits per heavy atom. The molecule has 1 aliphatic heterocycles. The zero-order valence-electron chi connectivity index (χ0n) is 28.2. The average molecular weight is 699 g/mol. The Morgan fingerprint density at radius 2 is 1.76 bits per heavy atom. The Labute approximate surface area is 294 Å². The van der Waals surface area contributed by atoms with E-state index in [0.717, 1.165) is 77.5 Å². The normalized spacial score (nSPS) is 14.7. The van der Waals surface area contributed by atoms with Gasteiger partial charge in [-0.25, -0.2) is 4.79 Å². The van der Waals surface area contributed by atoms with Crippen molar-refractivity contribution in [3.8, 4) is 16.9 Å². The summed E-state index contributed by atoms with van der Waals surface area (Å²) in [7, 11) is 1.87. The van der Waals surface area contributed by atoms with Gasteiger partial charge in [-0.1, -0.05) is 29.3 Å². The lowest BCUT2D eigenvalue weighted by molar-refractivity contribution is 0.0696. The molecule has 49 heavy (non-hydrogen) atoms. The molecule has 0 saturated heterocycles. The van der Waals surface area contributed by atoms with Gasteiger partial charge in [0.15, 0.2) is 0 Å². The third-order valence-corrected chi connectivity index (χ3v) is 10.6. The van der Waals surface area contributed by atoms with Crippen molar-refractivity contribution in [2.75, 3.05) is 18.1 Å². The number of aromatic nitrogens is 4. The maximum atomic E-state index is 14.9. The number of nitrogens with zero attached hydrogens (tertiary/aromatic N) is 4. The molecule has 7 rings (SSSR count). The second-order valence-electron chi connectivity index (χ2n) is 13.1. The van der Waals surface area contributed by atoms with Crippen LogP contribution in [0.15, 0.2) is 48.7 Å². The topological polar surface area (TPSA) is 105 Å². The Kier molecular flexibility index (Phi) is 8.24.